The second kappa shape index (κ2) is 5.26. The number of rotatable bonds is 3. The number of carbonyl (C=O) groups is 2. The maximum atomic E-state index is 11.6. The van der Waals surface area contributed by atoms with Crippen molar-refractivity contribution >= 4 is 17.9 Å². The molecule has 18 heavy (non-hydrogen) atoms. The summed E-state index contributed by atoms with van der Waals surface area (Å²) in [7, 11) is 0. The Morgan fingerprint density at radius 2 is 2.00 bits per heavy atom. The molecule has 0 saturated carbocycles. The second-order valence-electron chi connectivity index (χ2n) is 3.84. The van der Waals surface area contributed by atoms with E-state index in [0.717, 1.165) is 0 Å². The lowest BCUT2D eigenvalue weighted by Gasteiger charge is -2.12. The summed E-state index contributed by atoms with van der Waals surface area (Å²) in [5.74, 6) is -1.22. The summed E-state index contributed by atoms with van der Waals surface area (Å²) in [6.45, 7) is 0. The molecule has 3 N–H and O–H groups in total. The summed E-state index contributed by atoms with van der Waals surface area (Å²) in [4.78, 5) is 30.0. The standard InChI is InChI=1S/C11H12N4O3/c16-9(17)7-2-3-8(6-7)14-11(18)15-10-12-4-1-5-13-10/h1-5,7-8H,6H2,(H,16,17)(H2,12,13,14,15,18). The zero-order chi connectivity index (χ0) is 13.0. The molecular weight excluding hydrogens is 236 g/mol. The van der Waals surface area contributed by atoms with E-state index in [4.69, 9.17) is 5.11 Å². The zero-order valence-electron chi connectivity index (χ0n) is 9.41. The lowest BCUT2D eigenvalue weighted by molar-refractivity contribution is -0.140. The van der Waals surface area contributed by atoms with E-state index in [1.54, 1.807) is 18.2 Å². The van der Waals surface area contributed by atoms with Crippen molar-refractivity contribution in [2.75, 3.05) is 5.32 Å². The first-order valence-electron chi connectivity index (χ1n) is 5.41. The molecule has 2 unspecified atom stereocenters. The summed E-state index contributed by atoms with van der Waals surface area (Å²) in [6, 6.07) is 0.900. The van der Waals surface area contributed by atoms with Crippen molar-refractivity contribution in [2.24, 2.45) is 5.92 Å². The zero-order valence-corrected chi connectivity index (χ0v) is 9.41. The highest BCUT2D eigenvalue weighted by molar-refractivity contribution is 5.87. The number of carboxylic acids is 1. The molecule has 0 fully saturated rings. The maximum Gasteiger partial charge on any atom is 0.322 e. The Kier molecular flexibility index (Phi) is 3.52. The average molecular weight is 248 g/mol. The van der Waals surface area contributed by atoms with Crippen molar-refractivity contribution in [2.45, 2.75) is 12.5 Å². The Balaban J connectivity index is 1.83. The summed E-state index contributed by atoms with van der Waals surface area (Å²) >= 11 is 0. The molecular formula is C11H12N4O3. The number of carbonyl (C=O) groups excluding carboxylic acids is 1. The first-order chi connectivity index (χ1) is 8.65. The van der Waals surface area contributed by atoms with Crippen LogP contribution in [0.15, 0.2) is 30.6 Å². The van der Waals surface area contributed by atoms with Crippen LogP contribution in [-0.4, -0.2) is 33.1 Å². The number of urea groups is 1. The van der Waals surface area contributed by atoms with Crippen LogP contribution in [0.2, 0.25) is 0 Å². The van der Waals surface area contributed by atoms with E-state index in [0.29, 0.717) is 6.42 Å². The molecule has 2 rings (SSSR count). The van der Waals surface area contributed by atoms with Crippen LogP contribution in [0, 0.1) is 5.92 Å². The lowest BCUT2D eigenvalue weighted by Crippen LogP contribution is -2.37. The molecule has 7 heteroatoms. The van der Waals surface area contributed by atoms with E-state index in [1.165, 1.54) is 12.4 Å². The van der Waals surface area contributed by atoms with E-state index in [2.05, 4.69) is 20.6 Å². The van der Waals surface area contributed by atoms with Gasteiger partial charge in [0.1, 0.15) is 0 Å². The predicted octanol–water partition coefficient (Wildman–Crippen LogP) is 0.627. The number of aromatic nitrogens is 2. The van der Waals surface area contributed by atoms with Crippen LogP contribution in [0.25, 0.3) is 0 Å². The van der Waals surface area contributed by atoms with E-state index in [-0.39, 0.29) is 12.0 Å². The largest absolute Gasteiger partial charge is 0.481 e. The molecule has 94 valence electrons. The number of nitrogens with zero attached hydrogens (tertiary/aromatic N) is 2. The molecule has 2 atom stereocenters. The van der Waals surface area contributed by atoms with Gasteiger partial charge in [-0.15, -0.1) is 0 Å². The Hall–Kier alpha value is -2.44. The van der Waals surface area contributed by atoms with Gasteiger partial charge in [0.15, 0.2) is 0 Å². The highest BCUT2D eigenvalue weighted by Gasteiger charge is 2.25. The van der Waals surface area contributed by atoms with Crippen LogP contribution in [0.3, 0.4) is 0 Å². The third-order valence-corrected chi connectivity index (χ3v) is 2.51. The third-order valence-electron chi connectivity index (χ3n) is 2.51. The van der Waals surface area contributed by atoms with Gasteiger partial charge in [-0.05, 0) is 12.5 Å². The minimum absolute atomic E-state index is 0.201. The van der Waals surface area contributed by atoms with Crippen LogP contribution in [0.1, 0.15) is 6.42 Å². The van der Waals surface area contributed by atoms with Gasteiger partial charge in [0.25, 0.3) is 0 Å². The van der Waals surface area contributed by atoms with E-state index in [9.17, 15) is 9.59 Å². The topological polar surface area (TPSA) is 104 Å². The van der Waals surface area contributed by atoms with Crippen LogP contribution in [0.5, 0.6) is 0 Å². The van der Waals surface area contributed by atoms with Crippen molar-refractivity contribution in [3.63, 3.8) is 0 Å². The minimum atomic E-state index is -0.887. The Labute approximate surface area is 103 Å². The van der Waals surface area contributed by atoms with E-state index in [1.807, 2.05) is 0 Å². The number of hydrogen-bond donors (Lipinski definition) is 3. The third kappa shape index (κ3) is 3.03. The highest BCUT2D eigenvalue weighted by Crippen LogP contribution is 2.17. The van der Waals surface area contributed by atoms with Crippen LogP contribution < -0.4 is 10.6 Å². The van der Waals surface area contributed by atoms with Crippen molar-refractivity contribution in [3.8, 4) is 0 Å². The fourth-order valence-corrected chi connectivity index (χ4v) is 1.66. The maximum absolute atomic E-state index is 11.6. The first kappa shape index (κ1) is 12.0. The Morgan fingerprint density at radius 1 is 1.28 bits per heavy atom. The number of aliphatic carboxylic acids is 1. The normalized spacial score (nSPS) is 21.6. The predicted molar refractivity (Wildman–Crippen MR) is 62.9 cm³/mol. The molecule has 1 aromatic heterocycles. The number of amides is 2. The van der Waals surface area contributed by atoms with E-state index >= 15 is 0 Å². The molecule has 2 amide bonds. The number of anilines is 1. The SMILES string of the molecule is O=C(Nc1ncccn1)NC1C=CC(C(=O)O)C1. The van der Waals surface area contributed by atoms with Gasteiger partial charge >= 0.3 is 12.0 Å². The molecule has 1 heterocycles. The fraction of sp³-hybridized carbons (Fsp3) is 0.273. The molecule has 0 aromatic carbocycles. The molecule has 1 aliphatic rings. The van der Waals surface area contributed by atoms with Crippen molar-refractivity contribution in [3.05, 3.63) is 30.6 Å². The Bertz CT molecular complexity index is 474. The van der Waals surface area contributed by atoms with Crippen LogP contribution in [0.4, 0.5) is 10.7 Å². The molecule has 0 radical (unpaired) electrons. The fourth-order valence-electron chi connectivity index (χ4n) is 1.66. The molecule has 0 saturated heterocycles. The molecule has 7 nitrogen and oxygen atoms in total. The van der Waals surface area contributed by atoms with Gasteiger partial charge in [0.2, 0.25) is 5.95 Å². The Morgan fingerprint density at radius 3 is 2.61 bits per heavy atom. The van der Waals surface area contributed by atoms with Gasteiger partial charge in [-0.1, -0.05) is 12.2 Å². The van der Waals surface area contributed by atoms with Crippen molar-refractivity contribution in [1.82, 2.24) is 15.3 Å². The quantitative estimate of drug-likeness (QED) is 0.680. The first-order valence-corrected chi connectivity index (χ1v) is 5.41. The van der Waals surface area contributed by atoms with Crippen molar-refractivity contribution in [1.29, 1.82) is 0 Å². The molecule has 0 spiro atoms. The summed E-state index contributed by atoms with van der Waals surface area (Å²) in [5.41, 5.74) is 0. The number of nitrogens with one attached hydrogen (secondary N) is 2. The van der Waals surface area contributed by atoms with Gasteiger partial charge in [-0.3, -0.25) is 10.1 Å². The van der Waals surface area contributed by atoms with Gasteiger partial charge in [-0.25, -0.2) is 14.8 Å². The van der Waals surface area contributed by atoms with Gasteiger partial charge in [-0.2, -0.15) is 0 Å². The molecule has 1 aromatic rings. The number of hydrogen-bond acceptors (Lipinski definition) is 4. The van der Waals surface area contributed by atoms with Gasteiger partial charge in [0.05, 0.1) is 12.0 Å². The van der Waals surface area contributed by atoms with Gasteiger partial charge in [0, 0.05) is 12.4 Å². The summed E-state index contributed by atoms with van der Waals surface area (Å²) in [5, 5.41) is 13.9. The molecule has 0 bridgehead atoms. The molecule has 1 aliphatic carbocycles. The summed E-state index contributed by atoms with van der Waals surface area (Å²) < 4.78 is 0. The van der Waals surface area contributed by atoms with Crippen LogP contribution >= 0.6 is 0 Å². The number of carboxylic acid groups (broad SMARTS) is 1. The average Bonchev–Trinajstić information content (AvgIpc) is 2.78. The van der Waals surface area contributed by atoms with Crippen molar-refractivity contribution < 1.29 is 14.7 Å². The highest BCUT2D eigenvalue weighted by atomic mass is 16.4. The van der Waals surface area contributed by atoms with E-state index < -0.39 is 17.9 Å². The van der Waals surface area contributed by atoms with Gasteiger partial charge < -0.3 is 10.4 Å². The lowest BCUT2D eigenvalue weighted by atomic mass is 10.1. The van der Waals surface area contributed by atoms with Crippen LogP contribution in [-0.2, 0) is 4.79 Å². The smallest absolute Gasteiger partial charge is 0.322 e. The molecule has 0 aliphatic heterocycles. The second-order valence-corrected chi connectivity index (χ2v) is 3.84. The minimum Gasteiger partial charge on any atom is -0.481 e. The summed E-state index contributed by atoms with van der Waals surface area (Å²) in [6.07, 6.45) is 6.63. The monoisotopic (exact) mass is 248 g/mol.